The van der Waals surface area contributed by atoms with Crippen LogP contribution in [0.4, 0.5) is 0 Å². The molecule has 1 heterocycles. The topological polar surface area (TPSA) is 57.1 Å². The van der Waals surface area contributed by atoms with E-state index in [1.807, 2.05) is 66.7 Å². The van der Waals surface area contributed by atoms with Crippen LogP contribution < -0.4 is 9.47 Å². The molecule has 0 bridgehead atoms. The molecule has 184 valence electrons. The number of rotatable bonds is 7. The predicted molar refractivity (Wildman–Crippen MR) is 154 cm³/mol. The first-order valence-electron chi connectivity index (χ1n) is 11.7. The van der Waals surface area contributed by atoms with Gasteiger partial charge in [0.25, 0.3) is 0 Å². The standard InChI is InChI=1S/C31H24INO4/c1-20-7-6-8-21(15-20)19-36-29-26(32)16-22(18-28(29)35-2)17-27-31(34)37-30(33-27)25-13-11-24(12-14-25)23-9-4-3-5-10-23/h3-18H,19H2,1-2H3/b27-17-. The van der Waals surface area contributed by atoms with Crippen LogP contribution in [0.15, 0.2) is 102 Å². The molecule has 5 nitrogen and oxygen atoms in total. The maximum atomic E-state index is 12.6. The Morgan fingerprint density at radius 1 is 0.892 bits per heavy atom. The lowest BCUT2D eigenvalue weighted by Crippen LogP contribution is -2.05. The van der Waals surface area contributed by atoms with Gasteiger partial charge in [-0.1, -0.05) is 72.3 Å². The van der Waals surface area contributed by atoms with Gasteiger partial charge in [0.05, 0.1) is 10.7 Å². The second-order valence-electron chi connectivity index (χ2n) is 8.59. The summed E-state index contributed by atoms with van der Waals surface area (Å²) in [5, 5.41) is 0. The lowest BCUT2D eigenvalue weighted by Gasteiger charge is -2.14. The summed E-state index contributed by atoms with van der Waals surface area (Å²) in [6.07, 6.45) is 1.70. The molecular formula is C31H24INO4. The molecule has 0 unspecified atom stereocenters. The first-order chi connectivity index (χ1) is 18.0. The molecule has 5 rings (SSSR count). The van der Waals surface area contributed by atoms with Gasteiger partial charge in [-0.25, -0.2) is 9.79 Å². The SMILES string of the molecule is COc1cc(/C=C2\N=C(c3ccc(-c4ccccc4)cc3)OC2=O)cc(I)c1OCc1cccc(C)c1. The highest BCUT2D eigenvalue weighted by atomic mass is 127. The van der Waals surface area contributed by atoms with Crippen LogP contribution in [-0.2, 0) is 16.1 Å². The van der Waals surface area contributed by atoms with Crippen molar-refractivity contribution in [2.45, 2.75) is 13.5 Å². The van der Waals surface area contributed by atoms with Crippen molar-refractivity contribution >= 4 is 40.5 Å². The summed E-state index contributed by atoms with van der Waals surface area (Å²) in [6, 6.07) is 29.8. The molecule has 0 radical (unpaired) electrons. The number of ether oxygens (including phenoxy) is 3. The minimum atomic E-state index is -0.490. The highest BCUT2D eigenvalue weighted by Gasteiger charge is 2.24. The summed E-state index contributed by atoms with van der Waals surface area (Å²) >= 11 is 2.21. The number of aliphatic imine (C=N–C) groups is 1. The molecule has 0 aromatic heterocycles. The molecule has 0 fully saturated rings. The Hall–Kier alpha value is -3.91. The average molecular weight is 601 g/mol. The van der Waals surface area contributed by atoms with E-state index in [0.29, 0.717) is 18.1 Å². The van der Waals surface area contributed by atoms with E-state index in [1.165, 1.54) is 5.56 Å². The zero-order valence-corrected chi connectivity index (χ0v) is 22.6. The maximum absolute atomic E-state index is 12.6. The van der Waals surface area contributed by atoms with Gasteiger partial charge < -0.3 is 14.2 Å². The molecule has 1 aliphatic heterocycles. The third-order valence-electron chi connectivity index (χ3n) is 5.88. The van der Waals surface area contributed by atoms with Gasteiger partial charge in [0.1, 0.15) is 6.61 Å². The third-order valence-corrected chi connectivity index (χ3v) is 6.68. The second kappa shape index (κ2) is 11.0. The average Bonchev–Trinajstić information content (AvgIpc) is 3.28. The molecule has 37 heavy (non-hydrogen) atoms. The number of carbonyl (C=O) groups excluding carboxylic acids is 1. The van der Waals surface area contributed by atoms with Crippen molar-refractivity contribution < 1.29 is 19.0 Å². The molecule has 0 atom stereocenters. The van der Waals surface area contributed by atoms with Gasteiger partial charge in [0, 0.05) is 5.56 Å². The van der Waals surface area contributed by atoms with Gasteiger partial charge in [-0.2, -0.15) is 0 Å². The van der Waals surface area contributed by atoms with E-state index in [4.69, 9.17) is 14.2 Å². The van der Waals surface area contributed by atoms with Crippen molar-refractivity contribution in [1.82, 2.24) is 0 Å². The van der Waals surface area contributed by atoms with Gasteiger partial charge in [0.15, 0.2) is 17.2 Å². The van der Waals surface area contributed by atoms with Crippen molar-refractivity contribution in [1.29, 1.82) is 0 Å². The summed E-state index contributed by atoms with van der Waals surface area (Å²) in [6.45, 7) is 2.48. The van der Waals surface area contributed by atoms with Crippen LogP contribution in [0, 0.1) is 10.5 Å². The Bertz CT molecular complexity index is 1510. The zero-order valence-electron chi connectivity index (χ0n) is 20.4. The van der Waals surface area contributed by atoms with E-state index in [9.17, 15) is 4.79 Å². The van der Waals surface area contributed by atoms with Crippen LogP contribution in [0.5, 0.6) is 11.5 Å². The van der Waals surface area contributed by atoms with E-state index >= 15 is 0 Å². The van der Waals surface area contributed by atoms with Gasteiger partial charge >= 0.3 is 5.97 Å². The highest BCUT2D eigenvalue weighted by molar-refractivity contribution is 14.1. The monoisotopic (exact) mass is 601 g/mol. The molecule has 1 aliphatic rings. The van der Waals surface area contributed by atoms with Crippen LogP contribution in [0.25, 0.3) is 17.2 Å². The summed E-state index contributed by atoms with van der Waals surface area (Å²) < 4.78 is 18.0. The molecule has 0 amide bonds. The molecule has 4 aromatic rings. The van der Waals surface area contributed by atoms with Crippen LogP contribution in [0.3, 0.4) is 0 Å². The molecule has 0 saturated carbocycles. The maximum Gasteiger partial charge on any atom is 0.363 e. The Morgan fingerprint density at radius 2 is 1.62 bits per heavy atom. The lowest BCUT2D eigenvalue weighted by atomic mass is 10.0. The fourth-order valence-electron chi connectivity index (χ4n) is 4.05. The lowest BCUT2D eigenvalue weighted by molar-refractivity contribution is -0.129. The largest absolute Gasteiger partial charge is 0.493 e. The number of hydrogen-bond acceptors (Lipinski definition) is 5. The molecule has 6 heteroatoms. The highest BCUT2D eigenvalue weighted by Crippen LogP contribution is 2.35. The zero-order chi connectivity index (χ0) is 25.8. The van der Waals surface area contributed by atoms with Crippen molar-refractivity contribution in [2.24, 2.45) is 4.99 Å². The molecule has 0 N–H and O–H groups in total. The summed E-state index contributed by atoms with van der Waals surface area (Å²) in [7, 11) is 1.60. The molecule has 4 aromatic carbocycles. The fraction of sp³-hybridized carbons (Fsp3) is 0.0968. The number of halogens is 1. The molecule has 0 aliphatic carbocycles. The van der Waals surface area contributed by atoms with Crippen LogP contribution in [0.1, 0.15) is 22.3 Å². The third kappa shape index (κ3) is 5.75. The Kier molecular flexibility index (Phi) is 7.37. The van der Waals surface area contributed by atoms with Crippen LogP contribution >= 0.6 is 22.6 Å². The summed E-state index contributed by atoms with van der Waals surface area (Å²) in [5.74, 6) is 1.04. The summed E-state index contributed by atoms with van der Waals surface area (Å²) in [5.41, 5.74) is 6.19. The number of hydrogen-bond donors (Lipinski definition) is 0. The quantitative estimate of drug-likeness (QED) is 0.128. The number of methoxy groups -OCH3 is 1. The number of cyclic esters (lactones) is 1. The molecular weight excluding hydrogens is 577 g/mol. The van der Waals surface area contributed by atoms with E-state index in [-0.39, 0.29) is 11.6 Å². The number of aryl methyl sites for hydroxylation is 1. The summed E-state index contributed by atoms with van der Waals surface area (Å²) in [4.78, 5) is 17.0. The van der Waals surface area contributed by atoms with Gasteiger partial charge in [0.2, 0.25) is 5.90 Å². The van der Waals surface area contributed by atoms with E-state index in [1.54, 1.807) is 13.2 Å². The number of esters is 1. The Labute approximate surface area is 229 Å². The van der Waals surface area contributed by atoms with Crippen LogP contribution in [0.2, 0.25) is 0 Å². The van der Waals surface area contributed by atoms with Crippen molar-refractivity contribution in [3.05, 3.63) is 123 Å². The Morgan fingerprint density at radius 3 is 2.35 bits per heavy atom. The first kappa shape index (κ1) is 24.8. The van der Waals surface area contributed by atoms with E-state index < -0.39 is 5.97 Å². The first-order valence-corrected chi connectivity index (χ1v) is 12.8. The van der Waals surface area contributed by atoms with Crippen molar-refractivity contribution in [3.8, 4) is 22.6 Å². The molecule has 0 saturated heterocycles. The van der Waals surface area contributed by atoms with E-state index in [0.717, 1.165) is 31.4 Å². The van der Waals surface area contributed by atoms with Crippen LogP contribution in [-0.4, -0.2) is 19.0 Å². The van der Waals surface area contributed by atoms with Gasteiger partial charge in [-0.05, 0) is 82.1 Å². The minimum Gasteiger partial charge on any atom is -0.493 e. The molecule has 0 spiro atoms. The fourth-order valence-corrected chi connectivity index (χ4v) is 4.83. The van der Waals surface area contributed by atoms with Crippen molar-refractivity contribution in [2.75, 3.05) is 7.11 Å². The van der Waals surface area contributed by atoms with E-state index in [2.05, 4.69) is 58.8 Å². The van der Waals surface area contributed by atoms with Gasteiger partial charge in [-0.15, -0.1) is 0 Å². The smallest absolute Gasteiger partial charge is 0.363 e. The minimum absolute atomic E-state index is 0.230. The van der Waals surface area contributed by atoms with Crippen molar-refractivity contribution in [3.63, 3.8) is 0 Å². The van der Waals surface area contributed by atoms with Gasteiger partial charge in [-0.3, -0.25) is 0 Å². The number of nitrogens with zero attached hydrogens (tertiary/aromatic N) is 1. The predicted octanol–water partition coefficient (Wildman–Crippen LogP) is 7.20. The second-order valence-corrected chi connectivity index (χ2v) is 9.75. The Balaban J connectivity index is 1.36. The number of benzene rings is 4. The normalized spacial score (nSPS) is 13.9. The number of carbonyl (C=O) groups is 1.